The number of hydrogen-bond donors (Lipinski definition) is 4. The predicted molar refractivity (Wildman–Crippen MR) is 124 cm³/mol. The Hall–Kier alpha value is -2.34. The molecule has 13 heteroatoms. The van der Waals surface area contributed by atoms with Crippen molar-refractivity contribution in [2.45, 2.75) is 44.0 Å². The first kappa shape index (κ1) is 28.7. The van der Waals surface area contributed by atoms with Crippen LogP contribution in [0.5, 0.6) is 0 Å². The molecule has 1 rings (SSSR count). The molecule has 0 fully saturated rings. The first-order valence-electron chi connectivity index (χ1n) is 9.84. The van der Waals surface area contributed by atoms with Gasteiger partial charge in [0.1, 0.15) is 18.6 Å². The van der Waals surface area contributed by atoms with Crippen LogP contribution in [0.2, 0.25) is 10.0 Å². The summed E-state index contributed by atoms with van der Waals surface area (Å²) in [7, 11) is 0. The van der Waals surface area contributed by atoms with Gasteiger partial charge in [0.2, 0.25) is 11.8 Å². The van der Waals surface area contributed by atoms with Crippen molar-refractivity contribution in [3.8, 4) is 0 Å². The monoisotopic (exact) mass is 521 g/mol. The van der Waals surface area contributed by atoms with Gasteiger partial charge < -0.3 is 26.2 Å². The van der Waals surface area contributed by atoms with Crippen molar-refractivity contribution in [3.63, 3.8) is 0 Å². The van der Waals surface area contributed by atoms with Crippen LogP contribution in [0.3, 0.4) is 0 Å². The second kappa shape index (κ2) is 14.7. The van der Waals surface area contributed by atoms with E-state index in [1.165, 1.54) is 18.7 Å². The van der Waals surface area contributed by atoms with Crippen LogP contribution < -0.4 is 16.4 Å². The Bertz CT molecular complexity index is 885. The van der Waals surface area contributed by atoms with Crippen molar-refractivity contribution < 1.29 is 33.8 Å². The summed E-state index contributed by atoms with van der Waals surface area (Å²) in [5.41, 5.74) is 6.16. The number of esters is 2. The van der Waals surface area contributed by atoms with Gasteiger partial charge in [-0.15, -0.1) is 0 Å². The topological polar surface area (TPSA) is 165 Å². The van der Waals surface area contributed by atoms with Gasteiger partial charge in [0.25, 0.3) is 0 Å². The van der Waals surface area contributed by atoms with Crippen molar-refractivity contribution >= 4 is 64.7 Å². The first-order chi connectivity index (χ1) is 15.5. The van der Waals surface area contributed by atoms with E-state index >= 15 is 0 Å². The standard InChI is InChI=1S/C20H25Cl2N3O7S/c1-2-17(27)32-18(28)8-24-19(29)15(25-16(26)6-5-14(23)20(30)31)10-33-9-11-3-4-12(21)7-13(11)22/h3-4,7,14-15H,2,5-6,8-10,23H2,1H3,(H,24,29)(H,25,26)(H,30,31). The van der Waals surface area contributed by atoms with Gasteiger partial charge >= 0.3 is 17.9 Å². The molecule has 10 nitrogen and oxygen atoms in total. The number of benzene rings is 1. The maximum Gasteiger partial charge on any atom is 0.333 e. The Kier molecular flexibility index (Phi) is 12.8. The van der Waals surface area contributed by atoms with E-state index in [2.05, 4.69) is 15.4 Å². The number of aliphatic carboxylic acids is 1. The van der Waals surface area contributed by atoms with E-state index in [1.807, 2.05) is 0 Å². The molecule has 0 aromatic heterocycles. The van der Waals surface area contributed by atoms with Crippen LogP contribution in [0.15, 0.2) is 18.2 Å². The molecule has 0 saturated heterocycles. The van der Waals surface area contributed by atoms with Gasteiger partial charge in [-0.05, 0) is 24.1 Å². The molecule has 0 aliphatic heterocycles. The fourth-order valence-electron chi connectivity index (χ4n) is 2.30. The lowest BCUT2D eigenvalue weighted by Gasteiger charge is -2.18. The predicted octanol–water partition coefficient (Wildman–Crippen LogP) is 1.50. The summed E-state index contributed by atoms with van der Waals surface area (Å²) < 4.78 is 4.48. The van der Waals surface area contributed by atoms with E-state index in [4.69, 9.17) is 34.0 Å². The smallest absolute Gasteiger partial charge is 0.333 e. The number of carbonyl (C=O) groups excluding carboxylic acids is 4. The van der Waals surface area contributed by atoms with Crippen molar-refractivity contribution in [2.75, 3.05) is 12.3 Å². The molecule has 0 aliphatic rings. The summed E-state index contributed by atoms with van der Waals surface area (Å²) in [5, 5.41) is 14.6. The average molecular weight is 522 g/mol. The molecule has 0 aliphatic carbocycles. The molecule has 0 saturated carbocycles. The minimum absolute atomic E-state index is 0.000740. The molecule has 2 unspecified atom stereocenters. The maximum absolute atomic E-state index is 12.5. The quantitative estimate of drug-likeness (QED) is 0.222. The number of carboxylic acids is 1. The normalized spacial score (nSPS) is 12.4. The summed E-state index contributed by atoms with van der Waals surface area (Å²) in [6.45, 7) is 0.953. The lowest BCUT2D eigenvalue weighted by molar-refractivity contribution is -0.159. The summed E-state index contributed by atoms with van der Waals surface area (Å²) in [4.78, 5) is 58.3. The zero-order valence-electron chi connectivity index (χ0n) is 17.8. The minimum atomic E-state index is -1.24. The number of thioether (sulfide) groups is 1. The van der Waals surface area contributed by atoms with Crippen LogP contribution in [-0.4, -0.2) is 59.2 Å². The minimum Gasteiger partial charge on any atom is -0.480 e. The fourth-order valence-corrected chi connectivity index (χ4v) is 3.92. The number of nitrogens with two attached hydrogens (primary N) is 1. The molecule has 1 aromatic rings. The van der Waals surface area contributed by atoms with E-state index in [0.29, 0.717) is 15.8 Å². The van der Waals surface area contributed by atoms with Gasteiger partial charge in [-0.2, -0.15) is 11.8 Å². The van der Waals surface area contributed by atoms with E-state index < -0.39 is 48.4 Å². The van der Waals surface area contributed by atoms with Gasteiger partial charge in [-0.1, -0.05) is 36.2 Å². The third kappa shape index (κ3) is 11.4. The molecule has 0 heterocycles. The highest BCUT2D eigenvalue weighted by Gasteiger charge is 2.23. The van der Waals surface area contributed by atoms with Crippen molar-refractivity contribution in [3.05, 3.63) is 33.8 Å². The number of halogens is 2. The number of nitrogens with one attached hydrogen (secondary N) is 2. The SMILES string of the molecule is CCC(=O)OC(=O)CNC(=O)C(CSCc1ccc(Cl)cc1Cl)NC(=O)CCC(N)C(=O)O. The molecular weight excluding hydrogens is 497 g/mol. The molecule has 0 radical (unpaired) electrons. The lowest BCUT2D eigenvalue weighted by atomic mass is 10.1. The van der Waals surface area contributed by atoms with E-state index in [9.17, 15) is 24.0 Å². The number of rotatable bonds is 13. The largest absolute Gasteiger partial charge is 0.480 e. The maximum atomic E-state index is 12.5. The number of amides is 2. The zero-order chi connectivity index (χ0) is 25.0. The third-order valence-electron chi connectivity index (χ3n) is 4.13. The van der Waals surface area contributed by atoms with Crippen LogP contribution in [0, 0.1) is 0 Å². The second-order valence-electron chi connectivity index (χ2n) is 6.77. The Morgan fingerprint density at radius 2 is 1.88 bits per heavy atom. The van der Waals surface area contributed by atoms with Crippen LogP contribution in [0.25, 0.3) is 0 Å². The molecule has 1 aromatic carbocycles. The van der Waals surface area contributed by atoms with Gasteiger partial charge in [0.05, 0.1) is 0 Å². The number of carboxylic acid groups (broad SMARTS) is 1. The molecule has 0 spiro atoms. The van der Waals surface area contributed by atoms with Crippen LogP contribution >= 0.6 is 35.0 Å². The molecule has 5 N–H and O–H groups in total. The van der Waals surface area contributed by atoms with Gasteiger partial charge in [0, 0.05) is 34.4 Å². The highest BCUT2D eigenvalue weighted by molar-refractivity contribution is 7.98. The summed E-state index contributed by atoms with van der Waals surface area (Å²) in [6.07, 6.45) is -0.326. The Morgan fingerprint density at radius 1 is 1.18 bits per heavy atom. The highest BCUT2D eigenvalue weighted by atomic mass is 35.5. The van der Waals surface area contributed by atoms with Crippen LogP contribution in [-0.2, 0) is 34.5 Å². The Balaban J connectivity index is 2.72. The molecule has 33 heavy (non-hydrogen) atoms. The fraction of sp³-hybridized carbons (Fsp3) is 0.450. The lowest BCUT2D eigenvalue weighted by Crippen LogP contribution is -2.49. The van der Waals surface area contributed by atoms with Gasteiger partial charge in [-0.3, -0.25) is 19.2 Å². The van der Waals surface area contributed by atoms with Crippen LogP contribution in [0.1, 0.15) is 31.7 Å². The molecule has 2 amide bonds. The van der Waals surface area contributed by atoms with Crippen molar-refractivity contribution in [1.29, 1.82) is 0 Å². The Morgan fingerprint density at radius 3 is 2.48 bits per heavy atom. The average Bonchev–Trinajstić information content (AvgIpc) is 2.76. The van der Waals surface area contributed by atoms with Gasteiger partial charge in [-0.25, -0.2) is 4.79 Å². The van der Waals surface area contributed by atoms with Crippen molar-refractivity contribution in [2.24, 2.45) is 5.73 Å². The van der Waals surface area contributed by atoms with E-state index in [0.717, 1.165) is 5.56 Å². The third-order valence-corrected chi connectivity index (χ3v) is 5.80. The number of carbonyl (C=O) groups is 5. The molecule has 182 valence electrons. The van der Waals surface area contributed by atoms with Crippen molar-refractivity contribution in [1.82, 2.24) is 10.6 Å². The first-order valence-corrected chi connectivity index (χ1v) is 11.7. The summed E-state index contributed by atoms with van der Waals surface area (Å²) in [6, 6.07) is 2.73. The molecular formula is C20H25Cl2N3O7S. The second-order valence-corrected chi connectivity index (χ2v) is 8.65. The Labute approximate surface area is 204 Å². The highest BCUT2D eigenvalue weighted by Crippen LogP contribution is 2.25. The molecule has 0 bridgehead atoms. The van der Waals surface area contributed by atoms with E-state index in [-0.39, 0.29) is 25.0 Å². The van der Waals surface area contributed by atoms with E-state index in [1.54, 1.807) is 18.2 Å². The summed E-state index contributed by atoms with van der Waals surface area (Å²) in [5.74, 6) is -3.65. The zero-order valence-corrected chi connectivity index (χ0v) is 20.1. The number of ether oxygens (including phenoxy) is 1. The van der Waals surface area contributed by atoms with Gasteiger partial charge in [0.15, 0.2) is 0 Å². The summed E-state index contributed by atoms with van der Waals surface area (Å²) >= 11 is 13.3. The molecule has 2 atom stereocenters. The van der Waals surface area contributed by atoms with Crippen LogP contribution in [0.4, 0.5) is 0 Å². The number of hydrogen-bond acceptors (Lipinski definition) is 8.